The van der Waals surface area contributed by atoms with Crippen molar-refractivity contribution in [1.29, 1.82) is 0 Å². The number of pyridine rings is 1. The van der Waals surface area contributed by atoms with Gasteiger partial charge in [-0.3, -0.25) is 9.19 Å². The zero-order valence-electron chi connectivity index (χ0n) is 8.97. The molecular formula is C12H11ClN2OS. The number of nitrogens with two attached hydrogens (primary N) is 1. The minimum atomic E-state index is -1.19. The Balaban J connectivity index is 2.23. The van der Waals surface area contributed by atoms with E-state index in [9.17, 15) is 4.21 Å². The van der Waals surface area contributed by atoms with E-state index in [0.29, 0.717) is 21.4 Å². The predicted octanol–water partition coefficient (Wildman–Crippen LogP) is 2.63. The lowest BCUT2D eigenvalue weighted by molar-refractivity contribution is 0.683. The highest BCUT2D eigenvalue weighted by molar-refractivity contribution is 7.84. The molecule has 0 aliphatic heterocycles. The van der Waals surface area contributed by atoms with Crippen molar-refractivity contribution < 1.29 is 4.21 Å². The Hall–Kier alpha value is -1.39. The van der Waals surface area contributed by atoms with Crippen molar-refractivity contribution in [1.82, 2.24) is 4.98 Å². The molecule has 0 aliphatic carbocycles. The van der Waals surface area contributed by atoms with E-state index in [1.165, 1.54) is 0 Å². The van der Waals surface area contributed by atoms with E-state index in [1.54, 1.807) is 30.6 Å². The number of nitrogen functional groups attached to an aromatic ring is 1. The van der Waals surface area contributed by atoms with Crippen LogP contribution >= 0.6 is 11.6 Å². The number of hydrogen-bond donors (Lipinski definition) is 1. The molecule has 5 heteroatoms. The highest BCUT2D eigenvalue weighted by Crippen LogP contribution is 2.23. The largest absolute Gasteiger partial charge is 0.398 e. The third-order valence-electron chi connectivity index (χ3n) is 2.27. The number of anilines is 1. The fourth-order valence-electron chi connectivity index (χ4n) is 1.41. The summed E-state index contributed by atoms with van der Waals surface area (Å²) >= 11 is 5.86. The van der Waals surface area contributed by atoms with Crippen molar-refractivity contribution in [3.05, 3.63) is 53.3 Å². The van der Waals surface area contributed by atoms with Crippen LogP contribution in [0, 0.1) is 0 Å². The van der Waals surface area contributed by atoms with Crippen LogP contribution in [-0.4, -0.2) is 9.19 Å². The summed E-state index contributed by atoms with van der Waals surface area (Å²) < 4.78 is 12.1. The SMILES string of the molecule is Nc1ccc(Cl)cc1S(=O)Cc1ccncc1. The normalized spacial score (nSPS) is 12.3. The standard InChI is InChI=1S/C12H11ClN2OS/c13-10-1-2-11(14)12(7-10)17(16)8-9-3-5-15-6-4-9/h1-7H,8,14H2. The number of rotatable bonds is 3. The van der Waals surface area contributed by atoms with Crippen LogP contribution < -0.4 is 5.73 Å². The van der Waals surface area contributed by atoms with Crippen molar-refractivity contribution in [3.63, 3.8) is 0 Å². The van der Waals surface area contributed by atoms with E-state index in [2.05, 4.69) is 4.98 Å². The fourth-order valence-corrected chi connectivity index (χ4v) is 2.89. The fraction of sp³-hybridized carbons (Fsp3) is 0.0833. The molecule has 2 N–H and O–H groups in total. The molecule has 1 aromatic carbocycles. The van der Waals surface area contributed by atoms with E-state index >= 15 is 0 Å². The lowest BCUT2D eigenvalue weighted by Gasteiger charge is -2.06. The molecule has 0 saturated carbocycles. The smallest absolute Gasteiger partial charge is 0.0635 e. The second-order valence-corrected chi connectivity index (χ2v) is 5.38. The maximum atomic E-state index is 12.1. The minimum absolute atomic E-state index is 0.410. The Morgan fingerprint density at radius 2 is 1.94 bits per heavy atom. The molecule has 2 aromatic rings. The topological polar surface area (TPSA) is 56.0 Å². The third kappa shape index (κ3) is 3.05. The van der Waals surface area contributed by atoms with E-state index in [0.717, 1.165) is 5.56 Å². The molecule has 1 heterocycles. The molecule has 1 unspecified atom stereocenters. The van der Waals surface area contributed by atoms with Gasteiger partial charge in [-0.1, -0.05) is 11.6 Å². The first-order valence-electron chi connectivity index (χ1n) is 4.99. The highest BCUT2D eigenvalue weighted by atomic mass is 35.5. The van der Waals surface area contributed by atoms with Gasteiger partial charge in [0, 0.05) is 23.1 Å². The second kappa shape index (κ2) is 5.29. The van der Waals surface area contributed by atoms with Crippen LogP contribution in [0.1, 0.15) is 5.56 Å². The van der Waals surface area contributed by atoms with Gasteiger partial charge in [-0.05, 0) is 35.9 Å². The maximum Gasteiger partial charge on any atom is 0.0635 e. The minimum Gasteiger partial charge on any atom is -0.398 e. The van der Waals surface area contributed by atoms with Crippen molar-refractivity contribution >= 4 is 28.1 Å². The molecule has 1 atom stereocenters. The Bertz CT molecular complexity index is 545. The van der Waals surface area contributed by atoms with Crippen LogP contribution in [0.25, 0.3) is 0 Å². The van der Waals surface area contributed by atoms with Crippen LogP contribution in [0.2, 0.25) is 5.02 Å². The third-order valence-corrected chi connectivity index (χ3v) is 3.94. The Kier molecular flexibility index (Phi) is 3.76. The molecule has 3 nitrogen and oxygen atoms in total. The lowest BCUT2D eigenvalue weighted by Crippen LogP contribution is -2.01. The monoisotopic (exact) mass is 266 g/mol. The van der Waals surface area contributed by atoms with Crippen molar-refractivity contribution in [2.45, 2.75) is 10.6 Å². The van der Waals surface area contributed by atoms with Crippen molar-refractivity contribution in [2.75, 3.05) is 5.73 Å². The molecule has 0 amide bonds. The van der Waals surface area contributed by atoms with Gasteiger partial charge in [-0.25, -0.2) is 0 Å². The van der Waals surface area contributed by atoms with Gasteiger partial charge >= 0.3 is 0 Å². The maximum absolute atomic E-state index is 12.1. The lowest BCUT2D eigenvalue weighted by atomic mass is 10.3. The summed E-state index contributed by atoms with van der Waals surface area (Å²) in [6, 6.07) is 8.66. The molecule has 0 bridgehead atoms. The van der Waals surface area contributed by atoms with Crippen LogP contribution in [0.3, 0.4) is 0 Å². The zero-order valence-corrected chi connectivity index (χ0v) is 10.5. The number of nitrogens with zero attached hydrogens (tertiary/aromatic N) is 1. The number of hydrogen-bond acceptors (Lipinski definition) is 3. The van der Waals surface area contributed by atoms with E-state index in [-0.39, 0.29) is 0 Å². The first-order chi connectivity index (χ1) is 8.16. The van der Waals surface area contributed by atoms with E-state index in [4.69, 9.17) is 17.3 Å². The summed E-state index contributed by atoms with van der Waals surface area (Å²) in [5.74, 6) is 0.410. The first-order valence-corrected chi connectivity index (χ1v) is 6.69. The molecule has 1 aromatic heterocycles. The molecule has 0 spiro atoms. The van der Waals surface area contributed by atoms with E-state index < -0.39 is 10.8 Å². The molecule has 0 radical (unpaired) electrons. The Morgan fingerprint density at radius 3 is 2.65 bits per heavy atom. The number of benzene rings is 1. The summed E-state index contributed by atoms with van der Waals surface area (Å²) in [7, 11) is -1.19. The zero-order chi connectivity index (χ0) is 12.3. The molecule has 0 saturated heterocycles. The van der Waals surface area contributed by atoms with Gasteiger partial charge < -0.3 is 5.73 Å². The Morgan fingerprint density at radius 1 is 1.24 bits per heavy atom. The second-order valence-electron chi connectivity index (χ2n) is 3.53. The highest BCUT2D eigenvalue weighted by Gasteiger charge is 2.09. The molecule has 0 fully saturated rings. The molecule has 2 rings (SSSR count). The van der Waals surface area contributed by atoms with Crippen LogP contribution in [0.4, 0.5) is 5.69 Å². The first kappa shape index (κ1) is 12.1. The molecule has 17 heavy (non-hydrogen) atoms. The van der Waals surface area contributed by atoms with Crippen LogP contribution in [0.15, 0.2) is 47.6 Å². The summed E-state index contributed by atoms with van der Waals surface area (Å²) in [4.78, 5) is 4.49. The van der Waals surface area contributed by atoms with E-state index in [1.807, 2.05) is 12.1 Å². The van der Waals surface area contributed by atoms with Gasteiger partial charge in [-0.2, -0.15) is 0 Å². The van der Waals surface area contributed by atoms with Gasteiger partial charge in [0.15, 0.2) is 0 Å². The van der Waals surface area contributed by atoms with Gasteiger partial charge in [0.05, 0.1) is 21.4 Å². The molecule has 0 aliphatic rings. The predicted molar refractivity (Wildman–Crippen MR) is 70.2 cm³/mol. The van der Waals surface area contributed by atoms with Crippen LogP contribution in [0.5, 0.6) is 0 Å². The summed E-state index contributed by atoms with van der Waals surface area (Å²) in [6.07, 6.45) is 3.35. The van der Waals surface area contributed by atoms with Gasteiger partial charge in [0.2, 0.25) is 0 Å². The number of aromatic nitrogens is 1. The average Bonchev–Trinajstić information content (AvgIpc) is 2.33. The van der Waals surface area contributed by atoms with Crippen LogP contribution in [-0.2, 0) is 16.6 Å². The van der Waals surface area contributed by atoms with Gasteiger partial charge in [0.25, 0.3) is 0 Å². The average molecular weight is 267 g/mol. The summed E-state index contributed by atoms with van der Waals surface area (Å²) in [5, 5.41) is 0.539. The summed E-state index contributed by atoms with van der Waals surface area (Å²) in [5.41, 5.74) is 7.24. The van der Waals surface area contributed by atoms with Gasteiger partial charge in [0.1, 0.15) is 0 Å². The van der Waals surface area contributed by atoms with Crippen molar-refractivity contribution in [2.24, 2.45) is 0 Å². The van der Waals surface area contributed by atoms with Crippen molar-refractivity contribution in [3.8, 4) is 0 Å². The Labute approximate surface area is 107 Å². The molecular weight excluding hydrogens is 256 g/mol. The van der Waals surface area contributed by atoms with Gasteiger partial charge in [-0.15, -0.1) is 0 Å². The quantitative estimate of drug-likeness (QED) is 0.869. The number of halogens is 1. The summed E-state index contributed by atoms with van der Waals surface area (Å²) in [6.45, 7) is 0. The molecule has 88 valence electrons.